The molecule has 0 saturated carbocycles. The fourth-order valence-corrected chi connectivity index (χ4v) is 3.15. The second-order valence-corrected chi connectivity index (χ2v) is 5.86. The third-order valence-corrected chi connectivity index (χ3v) is 4.26. The van der Waals surface area contributed by atoms with Crippen LogP contribution in [0.2, 0.25) is 0 Å². The average molecular weight is 390 g/mol. The SMILES string of the molecule is N#Cc1ccc(-c2n[nH]c3c2Cc2cc(OC(F)F)c(OC(F)F)cc2-3)cn1. The van der Waals surface area contributed by atoms with Crippen molar-refractivity contribution in [1.82, 2.24) is 15.2 Å². The maximum atomic E-state index is 12.7. The van der Waals surface area contributed by atoms with Crippen molar-refractivity contribution in [3.8, 4) is 40.1 Å². The monoisotopic (exact) mass is 390 g/mol. The van der Waals surface area contributed by atoms with E-state index in [1.54, 1.807) is 12.1 Å². The number of rotatable bonds is 5. The summed E-state index contributed by atoms with van der Waals surface area (Å²) >= 11 is 0. The van der Waals surface area contributed by atoms with Crippen molar-refractivity contribution < 1.29 is 27.0 Å². The molecule has 1 N–H and O–H groups in total. The van der Waals surface area contributed by atoms with Crippen LogP contribution in [0.15, 0.2) is 30.5 Å². The van der Waals surface area contributed by atoms with Gasteiger partial charge in [-0.3, -0.25) is 5.10 Å². The summed E-state index contributed by atoms with van der Waals surface area (Å²) in [5.74, 6) is -0.952. The summed E-state index contributed by atoms with van der Waals surface area (Å²) in [5, 5.41) is 15.9. The Balaban J connectivity index is 1.75. The fourth-order valence-electron chi connectivity index (χ4n) is 3.15. The van der Waals surface area contributed by atoms with Gasteiger partial charge in [0.15, 0.2) is 11.5 Å². The smallest absolute Gasteiger partial charge is 0.387 e. The molecule has 0 saturated heterocycles. The molecule has 1 aromatic carbocycles. The van der Waals surface area contributed by atoms with Crippen LogP contribution in [0.4, 0.5) is 17.6 Å². The van der Waals surface area contributed by atoms with Gasteiger partial charge in [0, 0.05) is 29.3 Å². The van der Waals surface area contributed by atoms with Crippen LogP contribution in [0.5, 0.6) is 11.5 Å². The van der Waals surface area contributed by atoms with E-state index < -0.39 is 24.7 Å². The maximum absolute atomic E-state index is 12.7. The highest BCUT2D eigenvalue weighted by Crippen LogP contribution is 2.45. The first kappa shape index (κ1) is 17.8. The van der Waals surface area contributed by atoms with Gasteiger partial charge < -0.3 is 9.47 Å². The van der Waals surface area contributed by atoms with Crippen LogP contribution in [0.1, 0.15) is 16.8 Å². The standard InChI is InChI=1S/C18H10F4N4O2/c19-17(20)27-13-4-9-3-12-15(8-1-2-10(6-23)24-7-8)25-26-16(12)11(9)5-14(13)28-18(21)22/h1-2,4-5,7,17-18H,3H2,(H,25,26). The minimum atomic E-state index is -3.19. The van der Waals surface area contributed by atoms with Crippen molar-refractivity contribution in [3.05, 3.63) is 47.3 Å². The number of hydrogen-bond acceptors (Lipinski definition) is 5. The van der Waals surface area contributed by atoms with Crippen molar-refractivity contribution in [3.63, 3.8) is 0 Å². The van der Waals surface area contributed by atoms with Crippen LogP contribution in [0.25, 0.3) is 22.5 Å². The van der Waals surface area contributed by atoms with Crippen molar-refractivity contribution in [2.24, 2.45) is 0 Å². The number of nitrogens with zero attached hydrogens (tertiary/aromatic N) is 3. The first-order valence-corrected chi connectivity index (χ1v) is 7.97. The quantitative estimate of drug-likeness (QED) is 0.519. The van der Waals surface area contributed by atoms with E-state index in [4.69, 9.17) is 5.26 Å². The number of nitriles is 1. The topological polar surface area (TPSA) is 83.8 Å². The van der Waals surface area contributed by atoms with E-state index in [9.17, 15) is 17.6 Å². The largest absolute Gasteiger partial charge is 0.431 e. The number of aromatic amines is 1. The Hall–Kier alpha value is -3.61. The molecule has 0 unspecified atom stereocenters. The van der Waals surface area contributed by atoms with Crippen LogP contribution in [-0.4, -0.2) is 28.4 Å². The molecule has 0 aliphatic heterocycles. The Morgan fingerprint density at radius 3 is 2.39 bits per heavy atom. The molecule has 0 amide bonds. The molecule has 0 fully saturated rings. The summed E-state index contributed by atoms with van der Waals surface area (Å²) in [7, 11) is 0. The van der Waals surface area contributed by atoms with Gasteiger partial charge in [-0.2, -0.15) is 27.9 Å². The third-order valence-electron chi connectivity index (χ3n) is 4.26. The van der Waals surface area contributed by atoms with Crippen molar-refractivity contribution in [1.29, 1.82) is 5.26 Å². The summed E-state index contributed by atoms with van der Waals surface area (Å²) < 4.78 is 59.2. The van der Waals surface area contributed by atoms with E-state index in [2.05, 4.69) is 24.7 Å². The molecule has 0 atom stereocenters. The van der Waals surface area contributed by atoms with E-state index in [0.29, 0.717) is 34.5 Å². The molecular weight excluding hydrogens is 380 g/mol. The number of H-pyrrole nitrogens is 1. The van der Waals surface area contributed by atoms with E-state index in [-0.39, 0.29) is 5.69 Å². The minimum absolute atomic E-state index is 0.252. The Morgan fingerprint density at radius 1 is 1.07 bits per heavy atom. The molecule has 10 heteroatoms. The lowest BCUT2D eigenvalue weighted by atomic mass is 10.1. The Bertz CT molecular complexity index is 1070. The van der Waals surface area contributed by atoms with Gasteiger partial charge in [-0.15, -0.1) is 0 Å². The zero-order chi connectivity index (χ0) is 19.8. The molecule has 142 valence electrons. The predicted octanol–water partition coefficient (Wildman–Crippen LogP) is 4.12. The molecule has 6 nitrogen and oxygen atoms in total. The number of hydrogen-bond donors (Lipinski definition) is 1. The van der Waals surface area contributed by atoms with Gasteiger partial charge in [-0.1, -0.05) is 0 Å². The van der Waals surface area contributed by atoms with Gasteiger partial charge in [0.25, 0.3) is 0 Å². The summed E-state index contributed by atoms with van der Waals surface area (Å²) in [4.78, 5) is 4.00. The third kappa shape index (κ3) is 3.11. The van der Waals surface area contributed by atoms with Gasteiger partial charge >= 0.3 is 13.2 Å². The number of ether oxygens (including phenoxy) is 2. The molecule has 1 aliphatic rings. The van der Waals surface area contributed by atoms with Crippen LogP contribution in [0, 0.1) is 11.3 Å². The van der Waals surface area contributed by atoms with E-state index >= 15 is 0 Å². The molecule has 0 bridgehead atoms. The van der Waals surface area contributed by atoms with Crippen molar-refractivity contribution in [2.45, 2.75) is 19.6 Å². The van der Waals surface area contributed by atoms with Crippen LogP contribution >= 0.6 is 0 Å². The van der Waals surface area contributed by atoms with Crippen molar-refractivity contribution >= 4 is 0 Å². The molecule has 0 spiro atoms. The second-order valence-electron chi connectivity index (χ2n) is 5.86. The highest BCUT2D eigenvalue weighted by Gasteiger charge is 2.28. The molecular formula is C18H10F4N4O2. The predicted molar refractivity (Wildman–Crippen MR) is 88.0 cm³/mol. The molecule has 2 aromatic heterocycles. The molecule has 2 heterocycles. The Labute approximate surface area is 155 Å². The lowest BCUT2D eigenvalue weighted by Gasteiger charge is -2.13. The number of halogens is 4. The maximum Gasteiger partial charge on any atom is 0.387 e. The van der Waals surface area contributed by atoms with Gasteiger partial charge in [0.05, 0.1) is 11.4 Å². The summed E-state index contributed by atoms with van der Waals surface area (Å²) in [6.07, 6.45) is 1.82. The summed E-state index contributed by atoms with van der Waals surface area (Å²) in [6, 6.07) is 7.63. The average Bonchev–Trinajstić information content (AvgIpc) is 3.20. The zero-order valence-corrected chi connectivity index (χ0v) is 13.9. The first-order valence-electron chi connectivity index (χ1n) is 7.97. The lowest BCUT2D eigenvalue weighted by Crippen LogP contribution is -2.08. The number of benzene rings is 1. The Kier molecular flexibility index (Phi) is 4.35. The van der Waals surface area contributed by atoms with E-state index in [0.717, 1.165) is 5.56 Å². The highest BCUT2D eigenvalue weighted by molar-refractivity contribution is 5.82. The number of alkyl halides is 4. The molecule has 1 aliphatic carbocycles. The highest BCUT2D eigenvalue weighted by atomic mass is 19.3. The minimum Gasteiger partial charge on any atom is -0.431 e. The van der Waals surface area contributed by atoms with E-state index in [1.807, 2.05) is 6.07 Å². The second kappa shape index (κ2) is 6.84. The first-order chi connectivity index (χ1) is 13.5. The molecule has 3 aromatic rings. The molecule has 4 rings (SSSR count). The Morgan fingerprint density at radius 2 is 1.79 bits per heavy atom. The fraction of sp³-hybridized carbons (Fsp3) is 0.167. The van der Waals surface area contributed by atoms with Gasteiger partial charge in [-0.05, 0) is 29.8 Å². The molecule has 28 heavy (non-hydrogen) atoms. The van der Waals surface area contributed by atoms with Gasteiger partial charge in [0.1, 0.15) is 11.8 Å². The van der Waals surface area contributed by atoms with E-state index in [1.165, 1.54) is 18.3 Å². The molecule has 0 radical (unpaired) electrons. The number of aromatic nitrogens is 3. The number of nitrogens with one attached hydrogen (secondary N) is 1. The van der Waals surface area contributed by atoms with Crippen molar-refractivity contribution in [2.75, 3.05) is 0 Å². The van der Waals surface area contributed by atoms with Crippen LogP contribution < -0.4 is 9.47 Å². The summed E-state index contributed by atoms with van der Waals surface area (Å²) in [6.45, 7) is -6.37. The normalized spacial score (nSPS) is 12.0. The van der Waals surface area contributed by atoms with Gasteiger partial charge in [-0.25, -0.2) is 4.98 Å². The van der Waals surface area contributed by atoms with Gasteiger partial charge in [0.2, 0.25) is 0 Å². The van der Waals surface area contributed by atoms with Crippen LogP contribution in [-0.2, 0) is 6.42 Å². The summed E-state index contributed by atoms with van der Waals surface area (Å²) in [5.41, 5.74) is 3.89. The lowest BCUT2D eigenvalue weighted by molar-refractivity contribution is -0.0692. The number of pyridine rings is 1. The number of fused-ring (bicyclic) bond motifs is 3. The zero-order valence-electron chi connectivity index (χ0n) is 13.9. The van der Waals surface area contributed by atoms with Crippen LogP contribution in [0.3, 0.4) is 0 Å².